The number of hydrogen-bond donors (Lipinski definition) is 0. The van der Waals surface area contributed by atoms with Crippen molar-refractivity contribution in [1.82, 2.24) is 0 Å². The van der Waals surface area contributed by atoms with E-state index in [-0.39, 0.29) is 0 Å². The molecule has 1 aromatic heterocycles. The number of thiophene rings is 1. The molecule has 0 amide bonds. The molecule has 0 aliphatic heterocycles. The van der Waals surface area contributed by atoms with Gasteiger partial charge in [0.15, 0.2) is 0 Å². The zero-order chi connectivity index (χ0) is 36.3. The normalized spacial score (nSPS) is 12.9. The molecule has 1 nitrogen and oxygen atoms in total. The van der Waals surface area contributed by atoms with E-state index in [1.54, 1.807) is 0 Å². The first-order valence-corrected chi connectivity index (χ1v) is 19.8. The minimum atomic E-state index is -0.499. The summed E-state index contributed by atoms with van der Waals surface area (Å²) in [5.41, 5.74) is 13.0. The van der Waals surface area contributed by atoms with Crippen molar-refractivity contribution in [2.24, 2.45) is 0 Å². The highest BCUT2D eigenvalue weighted by Gasteiger charge is 2.47. The summed E-state index contributed by atoms with van der Waals surface area (Å²) in [5, 5.41) is 5.05. The van der Waals surface area contributed by atoms with Gasteiger partial charge in [-0.3, -0.25) is 0 Å². The smallest absolute Gasteiger partial charge is 0.0714 e. The van der Waals surface area contributed by atoms with Gasteiger partial charge in [0, 0.05) is 36.7 Å². The van der Waals surface area contributed by atoms with Crippen LogP contribution in [0.3, 0.4) is 0 Å². The van der Waals surface area contributed by atoms with Crippen molar-refractivity contribution in [3.8, 4) is 22.3 Å². The van der Waals surface area contributed by atoms with Crippen LogP contribution in [0.5, 0.6) is 0 Å². The summed E-state index contributed by atoms with van der Waals surface area (Å²) in [6.45, 7) is 0. The van der Waals surface area contributed by atoms with Crippen LogP contribution in [0.15, 0.2) is 212 Å². The molecule has 258 valence electrons. The van der Waals surface area contributed by atoms with Gasteiger partial charge in [0.05, 0.1) is 22.5 Å². The number of rotatable bonds is 6. The molecule has 11 rings (SSSR count). The molecular weight excluding hydrogens is 683 g/mol. The monoisotopic (exact) mass is 717 g/mol. The van der Waals surface area contributed by atoms with Crippen molar-refractivity contribution in [3.63, 3.8) is 0 Å². The summed E-state index contributed by atoms with van der Waals surface area (Å²) < 4.78 is 2.62. The Morgan fingerprint density at radius 2 is 0.927 bits per heavy atom. The minimum Gasteiger partial charge on any atom is -0.309 e. The second-order valence-electron chi connectivity index (χ2n) is 14.4. The van der Waals surface area contributed by atoms with Crippen molar-refractivity contribution in [1.29, 1.82) is 0 Å². The Hall–Kier alpha value is -6.74. The van der Waals surface area contributed by atoms with Crippen molar-refractivity contribution >= 4 is 59.3 Å². The van der Waals surface area contributed by atoms with E-state index in [1.807, 2.05) is 11.3 Å². The van der Waals surface area contributed by atoms with Crippen LogP contribution in [0.1, 0.15) is 22.3 Å². The SMILES string of the molecule is c1ccc(C2(c3ccccc3)c3ccccc3-c3c(N(c4ccccc4-c4ccc5c(c4)sc4ccccc45)c4cccc5ccccc45)cccc32)cc1. The molecule has 0 saturated carbocycles. The Balaban J connectivity index is 1.23. The van der Waals surface area contributed by atoms with E-state index >= 15 is 0 Å². The lowest BCUT2D eigenvalue weighted by atomic mass is 9.68. The lowest BCUT2D eigenvalue weighted by molar-refractivity contribution is 0.768. The van der Waals surface area contributed by atoms with Gasteiger partial charge in [0.1, 0.15) is 0 Å². The maximum Gasteiger partial charge on any atom is 0.0714 e. The maximum atomic E-state index is 2.54. The predicted molar refractivity (Wildman–Crippen MR) is 234 cm³/mol. The van der Waals surface area contributed by atoms with Crippen LogP contribution in [-0.4, -0.2) is 0 Å². The third-order valence-electron chi connectivity index (χ3n) is 11.5. The highest BCUT2D eigenvalue weighted by Crippen LogP contribution is 2.60. The van der Waals surface area contributed by atoms with Crippen LogP contribution in [-0.2, 0) is 5.41 Å². The minimum absolute atomic E-state index is 0.499. The molecule has 9 aromatic carbocycles. The fraction of sp³-hybridized carbons (Fsp3) is 0.0189. The largest absolute Gasteiger partial charge is 0.309 e. The van der Waals surface area contributed by atoms with Crippen molar-refractivity contribution in [2.45, 2.75) is 5.41 Å². The standard InChI is InChI=1S/C53H35NS/c1-3-19-38(20-4-1)53(39-21-5-2-6-22-39)45-27-12-9-26-44(45)52-46(53)28-16-31-49(52)54(48-30-15-18-36-17-7-8-23-40(36)48)47-29-13-10-24-41(47)37-33-34-43-42-25-11-14-32-50(42)55-51(43)35-37/h1-35H. The Bertz CT molecular complexity index is 3000. The van der Waals surface area contributed by atoms with Crippen molar-refractivity contribution < 1.29 is 0 Å². The quantitative estimate of drug-likeness (QED) is 0.166. The average Bonchev–Trinajstić information content (AvgIpc) is 3.79. The van der Waals surface area contributed by atoms with Gasteiger partial charge in [-0.25, -0.2) is 0 Å². The highest BCUT2D eigenvalue weighted by atomic mass is 32.1. The Morgan fingerprint density at radius 3 is 1.75 bits per heavy atom. The van der Waals surface area contributed by atoms with E-state index in [0.717, 1.165) is 17.1 Å². The first-order valence-electron chi connectivity index (χ1n) is 18.9. The summed E-state index contributed by atoms with van der Waals surface area (Å²) in [4.78, 5) is 2.54. The van der Waals surface area contributed by atoms with Gasteiger partial charge < -0.3 is 4.90 Å². The van der Waals surface area contributed by atoms with Crippen LogP contribution in [0, 0.1) is 0 Å². The summed E-state index contributed by atoms with van der Waals surface area (Å²) in [6.07, 6.45) is 0. The van der Waals surface area contributed by atoms with Crippen LogP contribution in [0.2, 0.25) is 0 Å². The number of hydrogen-bond acceptors (Lipinski definition) is 2. The zero-order valence-electron chi connectivity index (χ0n) is 30.1. The van der Waals surface area contributed by atoms with Crippen LogP contribution >= 0.6 is 11.3 Å². The second kappa shape index (κ2) is 12.7. The highest BCUT2D eigenvalue weighted by molar-refractivity contribution is 7.25. The Morgan fingerprint density at radius 1 is 0.364 bits per heavy atom. The van der Waals surface area contributed by atoms with Gasteiger partial charge >= 0.3 is 0 Å². The molecule has 0 N–H and O–H groups in total. The third kappa shape index (κ3) is 4.78. The average molecular weight is 718 g/mol. The first-order chi connectivity index (χ1) is 27.3. The summed E-state index contributed by atoms with van der Waals surface area (Å²) in [6, 6.07) is 78.4. The van der Waals surface area contributed by atoms with Gasteiger partial charge in [-0.2, -0.15) is 0 Å². The first kappa shape index (κ1) is 31.8. The molecule has 55 heavy (non-hydrogen) atoms. The number of para-hydroxylation sites is 1. The number of nitrogens with zero attached hydrogens (tertiary/aromatic N) is 1. The van der Waals surface area contributed by atoms with Crippen LogP contribution in [0.25, 0.3) is 53.2 Å². The fourth-order valence-electron chi connectivity index (χ4n) is 9.26. The zero-order valence-corrected chi connectivity index (χ0v) is 30.9. The predicted octanol–water partition coefficient (Wildman–Crippen LogP) is 14.7. The summed E-state index contributed by atoms with van der Waals surface area (Å²) in [7, 11) is 0. The lowest BCUT2D eigenvalue weighted by Crippen LogP contribution is -2.28. The van der Waals surface area contributed by atoms with E-state index in [2.05, 4.69) is 217 Å². The molecule has 0 bridgehead atoms. The van der Waals surface area contributed by atoms with Gasteiger partial charge in [-0.05, 0) is 69.1 Å². The number of benzene rings is 9. The number of fused-ring (bicyclic) bond motifs is 7. The Kier molecular flexibility index (Phi) is 7.33. The van der Waals surface area contributed by atoms with Crippen molar-refractivity contribution in [3.05, 3.63) is 235 Å². The molecule has 10 aromatic rings. The van der Waals surface area contributed by atoms with E-state index in [1.165, 1.54) is 75.5 Å². The molecule has 0 saturated heterocycles. The lowest BCUT2D eigenvalue weighted by Gasteiger charge is -2.35. The summed E-state index contributed by atoms with van der Waals surface area (Å²) in [5.74, 6) is 0. The van der Waals surface area contributed by atoms with E-state index in [9.17, 15) is 0 Å². The van der Waals surface area contributed by atoms with E-state index < -0.39 is 5.41 Å². The molecule has 1 aliphatic rings. The van der Waals surface area contributed by atoms with Gasteiger partial charge in [-0.1, -0.05) is 182 Å². The van der Waals surface area contributed by atoms with Crippen LogP contribution in [0.4, 0.5) is 17.1 Å². The number of anilines is 3. The van der Waals surface area contributed by atoms with Crippen molar-refractivity contribution in [2.75, 3.05) is 4.90 Å². The maximum absolute atomic E-state index is 2.54. The second-order valence-corrected chi connectivity index (χ2v) is 15.5. The van der Waals surface area contributed by atoms with Gasteiger partial charge in [0.2, 0.25) is 0 Å². The molecule has 0 atom stereocenters. The molecular formula is C53H35NS. The summed E-state index contributed by atoms with van der Waals surface area (Å²) >= 11 is 1.87. The molecule has 0 fully saturated rings. The van der Waals surface area contributed by atoms with Gasteiger partial charge in [0.25, 0.3) is 0 Å². The topological polar surface area (TPSA) is 3.24 Å². The molecule has 0 unspecified atom stereocenters. The third-order valence-corrected chi connectivity index (χ3v) is 12.7. The molecule has 0 spiro atoms. The fourth-order valence-corrected chi connectivity index (χ4v) is 10.4. The van der Waals surface area contributed by atoms with E-state index in [0.29, 0.717) is 0 Å². The van der Waals surface area contributed by atoms with Crippen LogP contribution < -0.4 is 4.90 Å². The molecule has 2 heteroatoms. The van der Waals surface area contributed by atoms with E-state index in [4.69, 9.17) is 0 Å². The Labute approximate surface area is 325 Å². The molecule has 1 aliphatic carbocycles. The molecule has 1 heterocycles. The van der Waals surface area contributed by atoms with Gasteiger partial charge in [-0.15, -0.1) is 11.3 Å². The molecule has 0 radical (unpaired) electrons.